The lowest BCUT2D eigenvalue weighted by Gasteiger charge is -2.35. The van der Waals surface area contributed by atoms with Gasteiger partial charge in [-0.05, 0) is 42.0 Å². The highest BCUT2D eigenvalue weighted by Crippen LogP contribution is 2.16. The van der Waals surface area contributed by atoms with Gasteiger partial charge >= 0.3 is 0 Å². The standard InChI is InChI=1S/C19H20F2N2O2/c20-17-4-2-15(3-5-17)19(25)23-9-7-22(8-10-23)12-16-11-14(13-24)1-6-18(16)21/h1-6,11,24H,7-10,12-13H2. The molecule has 1 fully saturated rings. The zero-order valence-electron chi connectivity index (χ0n) is 13.8. The number of hydrogen-bond acceptors (Lipinski definition) is 3. The summed E-state index contributed by atoms with van der Waals surface area (Å²) in [7, 11) is 0. The summed E-state index contributed by atoms with van der Waals surface area (Å²) in [6.45, 7) is 2.67. The number of carbonyl (C=O) groups excluding carboxylic acids is 1. The van der Waals surface area contributed by atoms with Gasteiger partial charge in [0.1, 0.15) is 11.6 Å². The van der Waals surface area contributed by atoms with Crippen LogP contribution in [0.3, 0.4) is 0 Å². The van der Waals surface area contributed by atoms with Crippen LogP contribution < -0.4 is 0 Å². The van der Waals surface area contributed by atoms with E-state index in [1.54, 1.807) is 17.0 Å². The zero-order chi connectivity index (χ0) is 17.8. The molecule has 0 aromatic heterocycles. The van der Waals surface area contributed by atoms with Crippen LogP contribution in [0.4, 0.5) is 8.78 Å². The quantitative estimate of drug-likeness (QED) is 0.925. The number of amides is 1. The Balaban J connectivity index is 1.58. The van der Waals surface area contributed by atoms with Crippen LogP contribution in [0.25, 0.3) is 0 Å². The van der Waals surface area contributed by atoms with Crippen molar-refractivity contribution in [2.75, 3.05) is 26.2 Å². The van der Waals surface area contributed by atoms with Crippen molar-refractivity contribution in [3.8, 4) is 0 Å². The van der Waals surface area contributed by atoms with Gasteiger partial charge < -0.3 is 10.0 Å². The maximum atomic E-state index is 13.9. The Morgan fingerprint density at radius 1 is 1.00 bits per heavy atom. The number of halogens is 2. The summed E-state index contributed by atoms with van der Waals surface area (Å²) in [6, 6.07) is 10.1. The molecule has 1 saturated heterocycles. The number of aliphatic hydroxyl groups excluding tert-OH is 1. The number of piperazine rings is 1. The molecule has 0 atom stereocenters. The Kier molecular flexibility index (Phi) is 5.40. The minimum Gasteiger partial charge on any atom is -0.392 e. The highest BCUT2D eigenvalue weighted by Gasteiger charge is 2.22. The van der Waals surface area contributed by atoms with Crippen molar-refractivity contribution < 1.29 is 18.7 Å². The first-order chi connectivity index (χ1) is 12.1. The van der Waals surface area contributed by atoms with Gasteiger partial charge in [-0.3, -0.25) is 9.69 Å². The molecular weight excluding hydrogens is 326 g/mol. The van der Waals surface area contributed by atoms with Gasteiger partial charge in [0, 0.05) is 43.9 Å². The van der Waals surface area contributed by atoms with E-state index in [2.05, 4.69) is 4.90 Å². The number of hydrogen-bond donors (Lipinski definition) is 1. The van der Waals surface area contributed by atoms with Crippen molar-refractivity contribution in [2.24, 2.45) is 0 Å². The molecule has 1 aliphatic rings. The van der Waals surface area contributed by atoms with E-state index in [9.17, 15) is 18.7 Å². The lowest BCUT2D eigenvalue weighted by atomic mass is 10.1. The minimum atomic E-state index is -0.367. The van der Waals surface area contributed by atoms with Crippen molar-refractivity contribution in [3.63, 3.8) is 0 Å². The van der Waals surface area contributed by atoms with Crippen LogP contribution in [0.1, 0.15) is 21.5 Å². The fourth-order valence-electron chi connectivity index (χ4n) is 2.97. The first-order valence-electron chi connectivity index (χ1n) is 8.22. The lowest BCUT2D eigenvalue weighted by molar-refractivity contribution is 0.0627. The van der Waals surface area contributed by atoms with E-state index in [1.807, 2.05) is 0 Å². The van der Waals surface area contributed by atoms with Crippen LogP contribution in [0.15, 0.2) is 42.5 Å². The first-order valence-corrected chi connectivity index (χ1v) is 8.22. The number of rotatable bonds is 4. The molecule has 0 spiro atoms. The normalized spacial score (nSPS) is 15.4. The molecule has 1 aliphatic heterocycles. The highest BCUT2D eigenvalue weighted by molar-refractivity contribution is 5.94. The Bertz CT molecular complexity index is 742. The second-order valence-electron chi connectivity index (χ2n) is 6.16. The maximum absolute atomic E-state index is 13.9. The van der Waals surface area contributed by atoms with Crippen molar-refractivity contribution in [1.29, 1.82) is 0 Å². The van der Waals surface area contributed by atoms with E-state index < -0.39 is 0 Å². The molecule has 0 bridgehead atoms. The molecule has 1 heterocycles. The molecule has 0 saturated carbocycles. The van der Waals surface area contributed by atoms with Gasteiger partial charge in [0.15, 0.2) is 0 Å². The maximum Gasteiger partial charge on any atom is 0.253 e. The second-order valence-corrected chi connectivity index (χ2v) is 6.16. The summed E-state index contributed by atoms with van der Waals surface area (Å²) in [5, 5.41) is 9.18. The number of carbonyl (C=O) groups is 1. The SMILES string of the molecule is O=C(c1ccc(F)cc1)N1CCN(Cc2cc(CO)ccc2F)CC1. The molecular formula is C19H20F2N2O2. The third kappa shape index (κ3) is 4.21. The summed E-state index contributed by atoms with van der Waals surface area (Å²) in [5.74, 6) is -0.774. The second kappa shape index (κ2) is 7.72. The van der Waals surface area contributed by atoms with Gasteiger partial charge in [0.05, 0.1) is 6.61 Å². The summed E-state index contributed by atoms with van der Waals surface area (Å²) in [5.41, 5.74) is 1.70. The minimum absolute atomic E-state index is 0.117. The zero-order valence-corrected chi connectivity index (χ0v) is 13.8. The fourth-order valence-corrected chi connectivity index (χ4v) is 2.97. The Labute approximate surface area is 145 Å². The van der Waals surface area contributed by atoms with E-state index in [0.717, 1.165) is 0 Å². The Morgan fingerprint density at radius 2 is 1.68 bits per heavy atom. The first kappa shape index (κ1) is 17.5. The predicted molar refractivity (Wildman–Crippen MR) is 89.9 cm³/mol. The van der Waals surface area contributed by atoms with Gasteiger partial charge in [-0.1, -0.05) is 6.07 Å². The smallest absolute Gasteiger partial charge is 0.253 e. The molecule has 0 unspecified atom stereocenters. The average Bonchev–Trinajstić information content (AvgIpc) is 2.64. The average molecular weight is 346 g/mol. The van der Waals surface area contributed by atoms with E-state index in [1.165, 1.54) is 30.3 Å². The molecule has 6 heteroatoms. The van der Waals surface area contributed by atoms with Gasteiger partial charge in [-0.2, -0.15) is 0 Å². The molecule has 1 amide bonds. The van der Waals surface area contributed by atoms with E-state index in [4.69, 9.17) is 0 Å². The van der Waals surface area contributed by atoms with Crippen molar-refractivity contribution in [2.45, 2.75) is 13.2 Å². The summed E-state index contributed by atoms with van der Waals surface area (Å²) in [6.07, 6.45) is 0. The summed E-state index contributed by atoms with van der Waals surface area (Å²) in [4.78, 5) is 16.2. The van der Waals surface area contributed by atoms with Crippen LogP contribution in [0, 0.1) is 11.6 Å². The molecule has 2 aromatic rings. The molecule has 0 aliphatic carbocycles. The van der Waals surface area contributed by atoms with E-state index >= 15 is 0 Å². The third-order valence-electron chi connectivity index (χ3n) is 4.44. The molecule has 2 aromatic carbocycles. The monoisotopic (exact) mass is 346 g/mol. The summed E-state index contributed by atoms with van der Waals surface area (Å²) < 4.78 is 26.9. The number of nitrogens with zero attached hydrogens (tertiary/aromatic N) is 2. The largest absolute Gasteiger partial charge is 0.392 e. The van der Waals surface area contributed by atoms with Crippen LogP contribution in [-0.4, -0.2) is 47.0 Å². The molecule has 132 valence electrons. The van der Waals surface area contributed by atoms with E-state index in [-0.39, 0.29) is 24.1 Å². The Morgan fingerprint density at radius 3 is 2.32 bits per heavy atom. The number of benzene rings is 2. The molecule has 4 nitrogen and oxygen atoms in total. The van der Waals surface area contributed by atoms with Gasteiger partial charge in [0.25, 0.3) is 5.91 Å². The van der Waals surface area contributed by atoms with Crippen molar-refractivity contribution >= 4 is 5.91 Å². The van der Waals surface area contributed by atoms with Crippen LogP contribution in [-0.2, 0) is 13.2 Å². The topological polar surface area (TPSA) is 43.8 Å². The fraction of sp³-hybridized carbons (Fsp3) is 0.316. The highest BCUT2D eigenvalue weighted by atomic mass is 19.1. The molecule has 25 heavy (non-hydrogen) atoms. The van der Waals surface area contributed by atoms with Crippen molar-refractivity contribution in [1.82, 2.24) is 9.80 Å². The van der Waals surface area contributed by atoms with Crippen molar-refractivity contribution in [3.05, 3.63) is 70.8 Å². The molecule has 1 N–H and O–H groups in total. The molecule has 0 radical (unpaired) electrons. The van der Waals surface area contributed by atoms with Gasteiger partial charge in [-0.15, -0.1) is 0 Å². The summed E-state index contributed by atoms with van der Waals surface area (Å²) >= 11 is 0. The van der Waals surface area contributed by atoms with Crippen LogP contribution in [0.5, 0.6) is 0 Å². The van der Waals surface area contributed by atoms with Gasteiger partial charge in [-0.25, -0.2) is 8.78 Å². The Hall–Kier alpha value is -2.31. The lowest BCUT2D eigenvalue weighted by Crippen LogP contribution is -2.48. The van der Waals surface area contributed by atoms with E-state index in [0.29, 0.717) is 49.4 Å². The number of aliphatic hydroxyl groups is 1. The van der Waals surface area contributed by atoms with Crippen LogP contribution in [0.2, 0.25) is 0 Å². The molecule has 3 rings (SSSR count). The van der Waals surface area contributed by atoms with Gasteiger partial charge in [0.2, 0.25) is 0 Å². The third-order valence-corrected chi connectivity index (χ3v) is 4.44. The predicted octanol–water partition coefficient (Wildman–Crippen LogP) is 2.42. The van der Waals surface area contributed by atoms with Crippen LogP contribution >= 0.6 is 0 Å².